The van der Waals surface area contributed by atoms with E-state index in [1.54, 1.807) is 13.0 Å². The number of phenols is 1. The van der Waals surface area contributed by atoms with E-state index in [0.717, 1.165) is 52.0 Å². The molecular formula is C18H27FN2O2. The summed E-state index contributed by atoms with van der Waals surface area (Å²) in [6.45, 7) is 7.88. The van der Waals surface area contributed by atoms with Crippen LogP contribution in [-0.4, -0.2) is 47.9 Å². The third kappa shape index (κ3) is 3.61. The summed E-state index contributed by atoms with van der Waals surface area (Å²) in [6, 6.07) is 3.21. The lowest BCUT2D eigenvalue weighted by molar-refractivity contribution is -0.0273. The van der Waals surface area contributed by atoms with Crippen molar-refractivity contribution in [3.8, 4) is 5.75 Å². The minimum Gasteiger partial charge on any atom is -0.506 e. The first-order valence-corrected chi connectivity index (χ1v) is 8.56. The van der Waals surface area contributed by atoms with Gasteiger partial charge in [-0.05, 0) is 51.2 Å². The van der Waals surface area contributed by atoms with Gasteiger partial charge < -0.3 is 15.2 Å². The highest BCUT2D eigenvalue weighted by Gasteiger charge is 2.35. The average molecular weight is 322 g/mol. The number of hydrogen-bond donors (Lipinski definition) is 2. The number of benzene rings is 1. The molecule has 23 heavy (non-hydrogen) atoms. The number of rotatable bonds is 3. The van der Waals surface area contributed by atoms with Gasteiger partial charge in [0.2, 0.25) is 0 Å². The van der Waals surface area contributed by atoms with Crippen molar-refractivity contribution >= 4 is 5.69 Å². The van der Waals surface area contributed by atoms with Crippen LogP contribution in [0.3, 0.4) is 0 Å². The van der Waals surface area contributed by atoms with Crippen molar-refractivity contribution in [2.75, 3.05) is 31.6 Å². The predicted molar refractivity (Wildman–Crippen MR) is 89.5 cm³/mol. The second kappa shape index (κ2) is 6.65. The summed E-state index contributed by atoms with van der Waals surface area (Å²) in [4.78, 5) is 2.59. The predicted octanol–water partition coefficient (Wildman–Crippen LogP) is 3.29. The Labute approximate surface area is 137 Å². The summed E-state index contributed by atoms with van der Waals surface area (Å²) in [6.07, 6.45) is 4.27. The van der Waals surface area contributed by atoms with E-state index in [4.69, 9.17) is 4.74 Å². The van der Waals surface area contributed by atoms with Gasteiger partial charge in [-0.2, -0.15) is 0 Å². The summed E-state index contributed by atoms with van der Waals surface area (Å²) in [7, 11) is 0. The highest BCUT2D eigenvalue weighted by atomic mass is 19.1. The second-order valence-electron chi connectivity index (χ2n) is 7.13. The maximum Gasteiger partial charge on any atom is 0.141 e. The average Bonchev–Trinajstić information content (AvgIpc) is 2.54. The number of piperidine rings is 1. The van der Waals surface area contributed by atoms with Crippen molar-refractivity contribution in [1.82, 2.24) is 4.90 Å². The van der Waals surface area contributed by atoms with Gasteiger partial charge in [0.1, 0.15) is 11.6 Å². The van der Waals surface area contributed by atoms with Crippen LogP contribution in [0.15, 0.2) is 12.1 Å². The zero-order valence-electron chi connectivity index (χ0n) is 14.1. The highest BCUT2D eigenvalue weighted by Crippen LogP contribution is 2.32. The number of phenolic OH excluding ortho intramolecular Hbond substituents is 1. The van der Waals surface area contributed by atoms with Gasteiger partial charge in [-0.25, -0.2) is 4.39 Å². The topological polar surface area (TPSA) is 44.7 Å². The molecule has 0 atom stereocenters. The van der Waals surface area contributed by atoms with Crippen molar-refractivity contribution < 1.29 is 14.2 Å². The van der Waals surface area contributed by atoms with Crippen molar-refractivity contribution in [1.29, 1.82) is 0 Å². The molecule has 0 unspecified atom stereocenters. The molecule has 2 aliphatic rings. The SMILES string of the molecule is Cc1cc(NC2CCN(C3(C)CCOCC3)CC2)c(O)cc1F. The third-order valence-electron chi connectivity index (χ3n) is 5.46. The number of nitrogens with zero attached hydrogens (tertiary/aromatic N) is 1. The van der Waals surface area contributed by atoms with Crippen LogP contribution in [-0.2, 0) is 4.74 Å². The van der Waals surface area contributed by atoms with E-state index in [1.807, 2.05) is 0 Å². The third-order valence-corrected chi connectivity index (χ3v) is 5.46. The first kappa shape index (κ1) is 16.5. The van der Waals surface area contributed by atoms with Crippen molar-refractivity contribution in [2.45, 2.75) is 51.1 Å². The molecule has 128 valence electrons. The van der Waals surface area contributed by atoms with Gasteiger partial charge in [0.05, 0.1) is 5.69 Å². The smallest absolute Gasteiger partial charge is 0.141 e. The van der Waals surface area contributed by atoms with Gasteiger partial charge in [0.25, 0.3) is 0 Å². The zero-order chi connectivity index (χ0) is 16.4. The van der Waals surface area contributed by atoms with E-state index < -0.39 is 0 Å². The number of ether oxygens (including phenoxy) is 1. The molecule has 1 aromatic rings. The molecule has 0 spiro atoms. The normalized spacial score (nSPS) is 22.9. The maximum absolute atomic E-state index is 13.4. The highest BCUT2D eigenvalue weighted by molar-refractivity contribution is 5.58. The van der Waals surface area contributed by atoms with Crippen molar-refractivity contribution in [3.63, 3.8) is 0 Å². The second-order valence-corrected chi connectivity index (χ2v) is 7.13. The molecule has 0 amide bonds. The Bertz CT molecular complexity index is 550. The first-order chi connectivity index (χ1) is 11.0. The van der Waals surface area contributed by atoms with E-state index in [1.165, 1.54) is 6.07 Å². The number of hydrogen-bond acceptors (Lipinski definition) is 4. The summed E-state index contributed by atoms with van der Waals surface area (Å²) < 4.78 is 18.9. The zero-order valence-corrected chi connectivity index (χ0v) is 14.1. The Kier molecular flexibility index (Phi) is 4.78. The fraction of sp³-hybridized carbons (Fsp3) is 0.667. The molecule has 4 nitrogen and oxygen atoms in total. The van der Waals surface area contributed by atoms with Crippen LogP contribution in [0.5, 0.6) is 5.75 Å². The number of aromatic hydroxyl groups is 1. The fourth-order valence-electron chi connectivity index (χ4n) is 3.70. The Morgan fingerprint density at radius 2 is 1.91 bits per heavy atom. The minimum atomic E-state index is -0.365. The Morgan fingerprint density at radius 1 is 1.26 bits per heavy atom. The number of aryl methyl sites for hydroxylation is 1. The van der Waals surface area contributed by atoms with Crippen molar-refractivity contribution in [3.05, 3.63) is 23.5 Å². The van der Waals surface area contributed by atoms with Gasteiger partial charge in [-0.15, -0.1) is 0 Å². The lowest BCUT2D eigenvalue weighted by Gasteiger charge is -2.47. The van der Waals surface area contributed by atoms with Crippen LogP contribution in [0.1, 0.15) is 38.2 Å². The molecule has 0 radical (unpaired) electrons. The first-order valence-electron chi connectivity index (χ1n) is 8.56. The van der Waals surface area contributed by atoms with E-state index in [0.29, 0.717) is 17.3 Å². The number of halogens is 1. The quantitative estimate of drug-likeness (QED) is 0.838. The summed E-state index contributed by atoms with van der Waals surface area (Å²) >= 11 is 0. The van der Waals surface area contributed by atoms with E-state index in [9.17, 15) is 9.50 Å². The summed E-state index contributed by atoms with van der Waals surface area (Å²) in [5, 5.41) is 13.3. The van der Waals surface area contributed by atoms with Gasteiger partial charge in [-0.1, -0.05) is 0 Å². The molecule has 2 fully saturated rings. The molecule has 2 saturated heterocycles. The lowest BCUT2D eigenvalue weighted by Crippen LogP contribution is -2.54. The van der Waals surface area contributed by atoms with E-state index in [2.05, 4.69) is 17.1 Å². The molecule has 0 saturated carbocycles. The van der Waals surface area contributed by atoms with Gasteiger partial charge in [0, 0.05) is 44.0 Å². The maximum atomic E-state index is 13.4. The molecule has 2 aliphatic heterocycles. The van der Waals surface area contributed by atoms with E-state index >= 15 is 0 Å². The Balaban J connectivity index is 1.58. The fourth-order valence-corrected chi connectivity index (χ4v) is 3.70. The standard InChI is InChI=1S/C18H27FN2O2/c1-13-11-16(17(22)12-15(13)19)20-14-3-7-21(8-4-14)18(2)5-9-23-10-6-18/h11-12,14,20,22H,3-10H2,1-2H3. The van der Waals surface area contributed by atoms with Crippen LogP contribution in [0.4, 0.5) is 10.1 Å². The summed E-state index contributed by atoms with van der Waals surface area (Å²) in [5.41, 5.74) is 1.45. The molecule has 1 aromatic carbocycles. The molecule has 2 heterocycles. The van der Waals surface area contributed by atoms with Crippen LogP contribution in [0, 0.1) is 12.7 Å². The van der Waals surface area contributed by atoms with Crippen LogP contribution in [0.2, 0.25) is 0 Å². The number of nitrogens with one attached hydrogen (secondary N) is 1. The molecule has 2 N–H and O–H groups in total. The molecule has 5 heteroatoms. The lowest BCUT2D eigenvalue weighted by atomic mass is 9.87. The number of likely N-dealkylation sites (tertiary alicyclic amines) is 1. The van der Waals surface area contributed by atoms with Crippen molar-refractivity contribution in [2.24, 2.45) is 0 Å². The molecule has 0 aliphatic carbocycles. The molecule has 3 rings (SSSR count). The Hall–Kier alpha value is -1.33. The van der Waals surface area contributed by atoms with Crippen LogP contribution >= 0.6 is 0 Å². The Morgan fingerprint density at radius 3 is 2.57 bits per heavy atom. The number of anilines is 1. The van der Waals surface area contributed by atoms with Crippen LogP contribution in [0.25, 0.3) is 0 Å². The van der Waals surface area contributed by atoms with Crippen LogP contribution < -0.4 is 5.32 Å². The van der Waals surface area contributed by atoms with E-state index in [-0.39, 0.29) is 17.1 Å². The largest absolute Gasteiger partial charge is 0.506 e. The molecule has 0 bridgehead atoms. The van der Waals surface area contributed by atoms with Gasteiger partial charge in [-0.3, -0.25) is 4.90 Å². The molecular weight excluding hydrogens is 295 g/mol. The van der Waals surface area contributed by atoms with Gasteiger partial charge in [0.15, 0.2) is 0 Å². The minimum absolute atomic E-state index is 0.00748. The monoisotopic (exact) mass is 322 g/mol. The summed E-state index contributed by atoms with van der Waals surface area (Å²) in [5.74, 6) is -0.373. The molecule has 0 aromatic heterocycles. The van der Waals surface area contributed by atoms with Gasteiger partial charge >= 0.3 is 0 Å².